The van der Waals surface area contributed by atoms with Gasteiger partial charge in [0.05, 0.1) is 0 Å². The Labute approximate surface area is 73.9 Å². The molecule has 0 fully saturated rings. The molecule has 0 spiro atoms. The van der Waals surface area contributed by atoms with Crippen LogP contribution in [0.25, 0.3) is 0 Å². The van der Waals surface area contributed by atoms with Crippen molar-refractivity contribution in [1.29, 1.82) is 0 Å². The van der Waals surface area contributed by atoms with Crippen LogP contribution in [0.2, 0.25) is 0 Å². The van der Waals surface area contributed by atoms with Gasteiger partial charge in [-0.05, 0) is 0 Å². The molecule has 0 unspecified atom stereocenters. The van der Waals surface area contributed by atoms with Crippen LogP contribution in [0.1, 0.15) is 0 Å². The van der Waals surface area contributed by atoms with E-state index in [4.69, 9.17) is 0 Å². The average Bonchev–Trinajstić information content (AvgIpc) is 1.94. The number of halogens is 2. The molecule has 44 valence electrons. The molecule has 1 heterocycles. The van der Waals surface area contributed by atoms with E-state index >= 15 is 0 Å². The molecule has 0 bridgehead atoms. The van der Waals surface area contributed by atoms with Crippen molar-refractivity contribution in [2.45, 2.75) is 0 Å². The van der Waals surface area contributed by atoms with Crippen LogP contribution in [0.4, 0.5) is 4.39 Å². The quantitative estimate of drug-likeness (QED) is 0.307. The van der Waals surface area contributed by atoms with Gasteiger partial charge in [-0.15, -0.1) is 0 Å². The van der Waals surface area contributed by atoms with Gasteiger partial charge < -0.3 is 0 Å². The third-order valence-corrected chi connectivity index (χ3v) is 0.573. The number of nitrogens with zero attached hydrogens (tertiary/aromatic N) is 1. The summed E-state index contributed by atoms with van der Waals surface area (Å²) < 4.78 is 11.7. The molecule has 0 saturated carbocycles. The maximum atomic E-state index is 11.7. The molecule has 0 atom stereocenters. The van der Waals surface area contributed by atoms with Gasteiger partial charge in [-0.1, -0.05) is 6.20 Å². The zero-order valence-electron chi connectivity index (χ0n) is 4.64. The average molecular weight is 288 g/mol. The van der Waals surface area contributed by atoms with Crippen molar-refractivity contribution >= 4 is 19.8 Å². The van der Waals surface area contributed by atoms with Crippen LogP contribution >= 0.6 is 19.8 Å². The van der Waals surface area contributed by atoms with Crippen LogP contribution in [0, 0.1) is 12.0 Å². The first-order valence-corrected chi connectivity index (χ1v) is 11.2. The molecule has 0 aliphatic heterocycles. The van der Waals surface area contributed by atoms with Gasteiger partial charge in [0.1, 0.15) is 5.95 Å². The zero-order chi connectivity index (χ0) is 7.11. The molecule has 0 amide bonds. The molecule has 0 radical (unpaired) electrons. The zero-order valence-corrected chi connectivity index (χ0v) is 9.77. The standard InChI is InChI=1S/C5H3FN.HI.Zn/c6-5-3-1-2-4-7-5;;/h1-2,4H;1H;/q-1;;+2/p-1. The van der Waals surface area contributed by atoms with Crippen molar-refractivity contribution in [2.24, 2.45) is 0 Å². The Morgan fingerprint density at radius 2 is 2.33 bits per heavy atom. The molecular weight excluding hydrogens is 285 g/mol. The second-order valence-corrected chi connectivity index (χ2v) is 1.07. The normalized spacial score (nSPS) is 7.56. The topological polar surface area (TPSA) is 12.9 Å². The van der Waals surface area contributed by atoms with Gasteiger partial charge in [0.2, 0.25) is 0 Å². The van der Waals surface area contributed by atoms with Gasteiger partial charge in [-0.3, -0.25) is 4.98 Å². The van der Waals surface area contributed by atoms with Gasteiger partial charge in [-0.25, -0.2) is 10.5 Å². The first kappa shape index (κ1) is 9.43. The van der Waals surface area contributed by atoms with Gasteiger partial charge in [0, 0.05) is 0 Å². The van der Waals surface area contributed by atoms with Crippen LogP contribution in [-0.2, 0) is 14.8 Å². The van der Waals surface area contributed by atoms with E-state index in [0.717, 1.165) is 0 Å². The van der Waals surface area contributed by atoms with E-state index < -0.39 is 5.95 Å². The number of aromatic nitrogens is 1. The molecule has 1 nitrogen and oxygen atoms in total. The number of rotatable bonds is 0. The molecule has 0 aliphatic carbocycles. The Morgan fingerprint density at radius 3 is 2.56 bits per heavy atom. The first-order valence-electron chi connectivity index (χ1n) is 2.14. The molecule has 1 aromatic rings. The summed E-state index contributed by atoms with van der Waals surface area (Å²) >= 11 is 3.62. The van der Waals surface area contributed by atoms with Crippen LogP contribution < -0.4 is 0 Å². The van der Waals surface area contributed by atoms with Crippen molar-refractivity contribution in [3.8, 4) is 0 Å². The van der Waals surface area contributed by atoms with E-state index in [0.29, 0.717) is 0 Å². The van der Waals surface area contributed by atoms with E-state index in [1.54, 1.807) is 6.07 Å². The Kier molecular flexibility index (Phi) is 6.87. The van der Waals surface area contributed by atoms with Crippen molar-refractivity contribution in [2.75, 3.05) is 0 Å². The van der Waals surface area contributed by atoms with Gasteiger partial charge in [-0.2, -0.15) is 12.1 Å². The van der Waals surface area contributed by atoms with Crippen LogP contribution in [0.3, 0.4) is 0 Å². The number of hydrogen-bond donors (Lipinski definition) is 0. The summed E-state index contributed by atoms with van der Waals surface area (Å²) in [6.45, 7) is 0. The second kappa shape index (κ2) is 6.55. The fourth-order valence-electron chi connectivity index (χ4n) is 0.306. The van der Waals surface area contributed by atoms with Gasteiger partial charge in [0.15, 0.2) is 0 Å². The summed E-state index contributed by atoms with van der Waals surface area (Å²) in [5.41, 5.74) is 0. The number of hydrogen-bond acceptors (Lipinski definition) is 1. The monoisotopic (exact) mass is 287 g/mol. The van der Waals surface area contributed by atoms with Crippen molar-refractivity contribution < 1.29 is 19.2 Å². The van der Waals surface area contributed by atoms with Crippen molar-refractivity contribution in [3.63, 3.8) is 0 Å². The molecule has 9 heavy (non-hydrogen) atoms. The SMILES string of the molecule is Fc1[c-]cccn1.[Zn+][I]. The summed E-state index contributed by atoms with van der Waals surface area (Å²) in [7, 11) is 0. The van der Waals surface area contributed by atoms with E-state index in [1.165, 1.54) is 27.1 Å². The minimum absolute atomic E-state index is 0.553. The second-order valence-electron chi connectivity index (χ2n) is 1.07. The first-order chi connectivity index (χ1) is 4.39. The summed E-state index contributed by atoms with van der Waals surface area (Å²) in [6, 6.07) is 5.34. The fraction of sp³-hybridized carbons (Fsp3) is 0. The molecule has 1 rings (SSSR count). The molecule has 0 aromatic carbocycles. The molecule has 0 N–H and O–H groups in total. The molecule has 4 heteroatoms. The van der Waals surface area contributed by atoms with Crippen molar-refractivity contribution in [3.05, 3.63) is 30.3 Å². The Bertz CT molecular complexity index is 147. The van der Waals surface area contributed by atoms with E-state index in [1.807, 2.05) is 0 Å². The van der Waals surface area contributed by atoms with Crippen LogP contribution in [0.15, 0.2) is 18.3 Å². The predicted octanol–water partition coefficient (Wildman–Crippen LogP) is 1.90. The number of pyridine rings is 1. The van der Waals surface area contributed by atoms with Crippen LogP contribution in [0.5, 0.6) is 0 Å². The predicted molar refractivity (Wildman–Crippen MR) is 37.1 cm³/mol. The Morgan fingerprint density at radius 1 is 1.67 bits per heavy atom. The maximum absolute atomic E-state index is 11.7. The van der Waals surface area contributed by atoms with Gasteiger partial charge >= 0.3 is 34.5 Å². The van der Waals surface area contributed by atoms with E-state index in [2.05, 4.69) is 30.8 Å². The fourth-order valence-corrected chi connectivity index (χ4v) is 0.306. The van der Waals surface area contributed by atoms with E-state index in [-0.39, 0.29) is 0 Å². The summed E-state index contributed by atoms with van der Waals surface area (Å²) in [6.07, 6.45) is 1.38. The molecule has 0 aliphatic rings. The third-order valence-electron chi connectivity index (χ3n) is 0.573. The molecular formula is C5H3FINZn. The van der Waals surface area contributed by atoms with E-state index in [9.17, 15) is 4.39 Å². The van der Waals surface area contributed by atoms with Crippen LogP contribution in [-0.4, -0.2) is 4.98 Å². The molecule has 1 aromatic heterocycles. The minimum atomic E-state index is -0.553. The van der Waals surface area contributed by atoms with Crippen molar-refractivity contribution in [1.82, 2.24) is 4.98 Å². The van der Waals surface area contributed by atoms with Gasteiger partial charge in [0.25, 0.3) is 0 Å². The third kappa shape index (κ3) is 4.91. The Balaban J connectivity index is 0.000000291. The summed E-state index contributed by atoms with van der Waals surface area (Å²) in [5.74, 6) is -0.553. The Hall–Kier alpha value is 0.433. The molecule has 0 saturated heterocycles. The summed E-state index contributed by atoms with van der Waals surface area (Å²) in [4.78, 5) is 3.26. The summed E-state index contributed by atoms with van der Waals surface area (Å²) in [5, 5.41) is 0.